The fourth-order valence-electron chi connectivity index (χ4n) is 1.45. The third-order valence-corrected chi connectivity index (χ3v) is 7.06. The molecule has 1 fully saturated rings. The van der Waals surface area contributed by atoms with Crippen molar-refractivity contribution in [3.8, 4) is 0 Å². The lowest BCUT2D eigenvalue weighted by molar-refractivity contribution is 0.539. The zero-order valence-electron chi connectivity index (χ0n) is 8.54. The van der Waals surface area contributed by atoms with Gasteiger partial charge in [0.2, 0.25) is 10.0 Å². The van der Waals surface area contributed by atoms with E-state index in [0.717, 1.165) is 24.2 Å². The van der Waals surface area contributed by atoms with Crippen molar-refractivity contribution in [2.24, 2.45) is 5.92 Å². The molecule has 1 saturated carbocycles. The zero-order chi connectivity index (χ0) is 11.9. The Morgan fingerprint density at radius 3 is 2.69 bits per heavy atom. The van der Waals surface area contributed by atoms with Crippen LogP contribution in [0.1, 0.15) is 19.8 Å². The summed E-state index contributed by atoms with van der Waals surface area (Å²) in [4.78, 5) is 0. The van der Waals surface area contributed by atoms with Crippen LogP contribution in [0.5, 0.6) is 0 Å². The summed E-state index contributed by atoms with van der Waals surface area (Å²) in [6, 6.07) is 1.47. The van der Waals surface area contributed by atoms with Gasteiger partial charge in [0.05, 0.1) is 8.81 Å². The van der Waals surface area contributed by atoms with E-state index < -0.39 is 10.0 Å². The molecule has 16 heavy (non-hydrogen) atoms. The summed E-state index contributed by atoms with van der Waals surface area (Å²) >= 11 is 10.2. The van der Waals surface area contributed by atoms with Gasteiger partial charge < -0.3 is 0 Å². The first kappa shape index (κ1) is 12.8. The average molecular weight is 345 g/mol. The van der Waals surface area contributed by atoms with Gasteiger partial charge in [0.25, 0.3) is 0 Å². The normalized spacial score (nSPS) is 18.7. The SMILES string of the molecule is CC(NS(=O)(=O)c1cc(Cl)c(Br)s1)C1CC1. The van der Waals surface area contributed by atoms with Gasteiger partial charge in [0, 0.05) is 6.04 Å². The third kappa shape index (κ3) is 2.79. The number of rotatable bonds is 4. The lowest BCUT2D eigenvalue weighted by Crippen LogP contribution is -2.33. The van der Waals surface area contributed by atoms with E-state index >= 15 is 0 Å². The summed E-state index contributed by atoms with van der Waals surface area (Å²) in [5, 5.41) is 0.435. The summed E-state index contributed by atoms with van der Waals surface area (Å²) in [5.41, 5.74) is 0. The van der Waals surface area contributed by atoms with Crippen molar-refractivity contribution in [1.82, 2.24) is 4.72 Å². The quantitative estimate of drug-likeness (QED) is 0.911. The number of hydrogen-bond acceptors (Lipinski definition) is 3. The van der Waals surface area contributed by atoms with E-state index in [2.05, 4.69) is 20.7 Å². The summed E-state index contributed by atoms with van der Waals surface area (Å²) < 4.78 is 27.5. The fourth-order valence-corrected chi connectivity index (χ4v) is 5.18. The van der Waals surface area contributed by atoms with E-state index in [1.165, 1.54) is 6.07 Å². The monoisotopic (exact) mass is 343 g/mol. The predicted molar refractivity (Wildman–Crippen MR) is 69.5 cm³/mol. The first-order valence-electron chi connectivity index (χ1n) is 4.87. The molecule has 0 amide bonds. The van der Waals surface area contributed by atoms with Gasteiger partial charge in [0.15, 0.2) is 0 Å². The molecule has 3 nitrogen and oxygen atoms in total. The van der Waals surface area contributed by atoms with Crippen LogP contribution in [0.25, 0.3) is 0 Å². The molecule has 0 radical (unpaired) electrons. The third-order valence-electron chi connectivity index (χ3n) is 2.56. The van der Waals surface area contributed by atoms with Crippen LogP contribution in [-0.4, -0.2) is 14.5 Å². The largest absolute Gasteiger partial charge is 0.250 e. The number of halogens is 2. The minimum absolute atomic E-state index is 0.00431. The average Bonchev–Trinajstić information content (AvgIpc) is 2.94. The van der Waals surface area contributed by atoms with Gasteiger partial charge in [0.1, 0.15) is 4.21 Å². The highest BCUT2D eigenvalue weighted by molar-refractivity contribution is 9.11. The molecule has 0 spiro atoms. The number of hydrogen-bond donors (Lipinski definition) is 1. The van der Waals surface area contributed by atoms with Crippen molar-refractivity contribution in [2.45, 2.75) is 30.0 Å². The highest BCUT2D eigenvalue weighted by Crippen LogP contribution is 2.36. The van der Waals surface area contributed by atoms with Crippen LogP contribution < -0.4 is 4.72 Å². The molecule has 1 N–H and O–H groups in total. The Labute approximate surface area is 112 Å². The van der Waals surface area contributed by atoms with Gasteiger partial charge in [-0.2, -0.15) is 0 Å². The maximum Gasteiger partial charge on any atom is 0.250 e. The molecule has 0 bridgehead atoms. The van der Waals surface area contributed by atoms with Crippen molar-refractivity contribution in [1.29, 1.82) is 0 Å². The summed E-state index contributed by atoms with van der Waals surface area (Å²) in [5.74, 6) is 0.494. The Morgan fingerprint density at radius 2 is 2.25 bits per heavy atom. The van der Waals surface area contributed by atoms with Crippen molar-refractivity contribution in [2.75, 3.05) is 0 Å². The second-order valence-electron chi connectivity index (χ2n) is 3.93. The highest BCUT2D eigenvalue weighted by atomic mass is 79.9. The van der Waals surface area contributed by atoms with Crippen molar-refractivity contribution < 1.29 is 8.42 Å². The van der Waals surface area contributed by atoms with Gasteiger partial charge in [-0.25, -0.2) is 13.1 Å². The second-order valence-corrected chi connectivity index (χ2v) is 8.65. The first-order valence-corrected chi connectivity index (χ1v) is 8.34. The number of nitrogens with one attached hydrogen (secondary N) is 1. The number of thiophene rings is 1. The molecule has 0 aromatic carbocycles. The molecule has 7 heteroatoms. The lowest BCUT2D eigenvalue weighted by atomic mass is 10.2. The molecular formula is C9H11BrClNO2S2. The standard InChI is InChI=1S/C9H11BrClNO2S2/c1-5(6-2-3-6)12-16(13,14)8-4-7(11)9(10)15-8/h4-6,12H,2-3H2,1H3. The van der Waals surface area contributed by atoms with Gasteiger partial charge in [-0.1, -0.05) is 11.6 Å². The van der Waals surface area contributed by atoms with E-state index in [1.54, 1.807) is 0 Å². The predicted octanol–water partition coefficient (Wildman–Crippen LogP) is 3.24. The molecule has 0 aliphatic heterocycles. The van der Waals surface area contributed by atoms with Crippen LogP contribution >= 0.6 is 38.9 Å². The molecule has 1 aromatic heterocycles. The topological polar surface area (TPSA) is 46.2 Å². The number of sulfonamides is 1. The van der Waals surface area contributed by atoms with Crippen LogP contribution in [0.3, 0.4) is 0 Å². The van der Waals surface area contributed by atoms with Crippen molar-refractivity contribution in [3.05, 3.63) is 14.9 Å². The zero-order valence-corrected chi connectivity index (χ0v) is 12.5. The van der Waals surface area contributed by atoms with Crippen molar-refractivity contribution >= 4 is 48.9 Å². The minimum atomic E-state index is -3.41. The Balaban J connectivity index is 2.17. The molecule has 2 rings (SSSR count). The molecule has 1 heterocycles. The minimum Gasteiger partial charge on any atom is -0.207 e. The van der Waals surface area contributed by atoms with Gasteiger partial charge in [-0.05, 0) is 47.7 Å². The Hall–Kier alpha value is 0.380. The maximum absolute atomic E-state index is 12.0. The van der Waals surface area contributed by atoms with E-state index in [9.17, 15) is 8.42 Å². The molecule has 1 aliphatic carbocycles. The Morgan fingerprint density at radius 1 is 1.62 bits per heavy atom. The Bertz CT molecular complexity index is 476. The van der Waals surface area contributed by atoms with Crippen molar-refractivity contribution in [3.63, 3.8) is 0 Å². The van der Waals surface area contributed by atoms with E-state index in [1.807, 2.05) is 6.92 Å². The van der Waals surface area contributed by atoms with Crippen LogP contribution in [-0.2, 0) is 10.0 Å². The second kappa shape index (κ2) is 4.57. The van der Waals surface area contributed by atoms with E-state index in [-0.39, 0.29) is 10.3 Å². The lowest BCUT2D eigenvalue weighted by Gasteiger charge is -2.11. The van der Waals surface area contributed by atoms with Crippen LogP contribution in [0.15, 0.2) is 14.1 Å². The summed E-state index contributed by atoms with van der Waals surface area (Å²) in [7, 11) is -3.41. The van der Waals surface area contributed by atoms with E-state index in [0.29, 0.717) is 14.7 Å². The smallest absolute Gasteiger partial charge is 0.207 e. The molecule has 1 unspecified atom stereocenters. The molecule has 1 aliphatic rings. The molecule has 1 atom stereocenters. The fraction of sp³-hybridized carbons (Fsp3) is 0.556. The molecular weight excluding hydrogens is 334 g/mol. The van der Waals surface area contributed by atoms with E-state index in [4.69, 9.17) is 11.6 Å². The summed E-state index contributed by atoms with van der Waals surface area (Å²) in [6.45, 7) is 1.90. The van der Waals surface area contributed by atoms with Crippen LogP contribution in [0.4, 0.5) is 0 Å². The van der Waals surface area contributed by atoms with Gasteiger partial charge in [-0.3, -0.25) is 0 Å². The highest BCUT2D eigenvalue weighted by Gasteiger charge is 2.31. The van der Waals surface area contributed by atoms with Gasteiger partial charge in [-0.15, -0.1) is 11.3 Å². The van der Waals surface area contributed by atoms with Gasteiger partial charge >= 0.3 is 0 Å². The molecule has 1 aromatic rings. The first-order chi connectivity index (χ1) is 7.40. The maximum atomic E-state index is 12.0. The molecule has 90 valence electrons. The molecule has 0 saturated heterocycles. The summed E-state index contributed by atoms with van der Waals surface area (Å²) in [6.07, 6.45) is 2.22. The van der Waals surface area contributed by atoms with Crippen LogP contribution in [0.2, 0.25) is 5.02 Å². The Kier molecular flexibility index (Phi) is 3.66. The van der Waals surface area contributed by atoms with Crippen LogP contribution in [0, 0.1) is 5.92 Å².